The third-order valence-electron chi connectivity index (χ3n) is 5.54. The average molecular weight is 350 g/mol. The van der Waals surface area contributed by atoms with E-state index < -0.39 is 36.1 Å². The van der Waals surface area contributed by atoms with Crippen molar-refractivity contribution in [2.75, 3.05) is 13.2 Å². The summed E-state index contributed by atoms with van der Waals surface area (Å²) in [5.41, 5.74) is -0.0583. The number of hydrogen-bond donors (Lipinski definition) is 2. The van der Waals surface area contributed by atoms with Gasteiger partial charge < -0.3 is 19.7 Å². The fourth-order valence-corrected chi connectivity index (χ4v) is 4.07. The molecule has 2 fully saturated rings. The zero-order chi connectivity index (χ0) is 18.9. The zero-order valence-electron chi connectivity index (χ0n) is 14.7. The van der Waals surface area contributed by atoms with Crippen LogP contribution < -0.4 is 0 Å². The number of carbonyl (C=O) groups excluding carboxylic acids is 2. The van der Waals surface area contributed by atoms with Crippen molar-refractivity contribution >= 4 is 11.9 Å². The Balaban J connectivity index is 2.41. The van der Waals surface area contributed by atoms with Crippen molar-refractivity contribution in [1.82, 2.24) is 0 Å². The summed E-state index contributed by atoms with van der Waals surface area (Å²) < 4.78 is 11.2. The van der Waals surface area contributed by atoms with Crippen LogP contribution in [0.4, 0.5) is 0 Å². The molecule has 0 spiro atoms. The summed E-state index contributed by atoms with van der Waals surface area (Å²) in [5, 5.41) is 18.7. The zero-order valence-corrected chi connectivity index (χ0v) is 14.7. The lowest BCUT2D eigenvalue weighted by Gasteiger charge is -2.49. The highest BCUT2D eigenvalue weighted by atomic mass is 16.6. The maximum atomic E-state index is 12.2. The monoisotopic (exact) mass is 350 g/mol. The van der Waals surface area contributed by atoms with Gasteiger partial charge in [0.1, 0.15) is 12.2 Å². The SMILES string of the molecule is C=CC1(C)CC(OC(=O)C(=C)CO)C2C(C)C(=O)OC2C1C(=C)CO. The summed E-state index contributed by atoms with van der Waals surface area (Å²) in [6, 6.07) is 0. The van der Waals surface area contributed by atoms with E-state index >= 15 is 0 Å². The molecular weight excluding hydrogens is 324 g/mol. The van der Waals surface area contributed by atoms with Gasteiger partial charge in [-0.25, -0.2) is 4.79 Å². The standard InChI is InChI=1S/C19H26O6/c1-6-19(5)7-13(24-17(22)11(3)9-21)14-12(4)18(23)25-16(14)15(19)10(2)8-20/h6,12-16,20-21H,1-3,7-9H2,4-5H3. The van der Waals surface area contributed by atoms with E-state index in [1.165, 1.54) is 0 Å². The summed E-state index contributed by atoms with van der Waals surface area (Å²) in [6.07, 6.45) is 0.993. The number of ether oxygens (including phenoxy) is 2. The first-order chi connectivity index (χ1) is 11.7. The Kier molecular flexibility index (Phi) is 5.54. The highest BCUT2D eigenvalue weighted by Crippen LogP contribution is 2.53. The van der Waals surface area contributed by atoms with E-state index in [0.29, 0.717) is 12.0 Å². The summed E-state index contributed by atoms with van der Waals surface area (Å²) in [7, 11) is 0. The van der Waals surface area contributed by atoms with Gasteiger partial charge in [0.25, 0.3) is 0 Å². The van der Waals surface area contributed by atoms with E-state index in [1.54, 1.807) is 13.0 Å². The molecule has 2 N–H and O–H groups in total. The summed E-state index contributed by atoms with van der Waals surface area (Å²) in [5.74, 6) is -2.17. The predicted molar refractivity (Wildman–Crippen MR) is 91.3 cm³/mol. The molecule has 1 saturated heterocycles. The molecule has 2 rings (SSSR count). The third-order valence-corrected chi connectivity index (χ3v) is 5.54. The van der Waals surface area contributed by atoms with Crippen LogP contribution in [-0.4, -0.2) is 47.6 Å². The van der Waals surface area contributed by atoms with Crippen LogP contribution in [0.2, 0.25) is 0 Å². The maximum absolute atomic E-state index is 12.2. The second kappa shape index (κ2) is 7.14. The molecule has 1 heterocycles. The smallest absolute Gasteiger partial charge is 0.336 e. The Morgan fingerprint density at radius 1 is 1.40 bits per heavy atom. The van der Waals surface area contributed by atoms with Gasteiger partial charge in [0.05, 0.1) is 24.7 Å². The minimum Gasteiger partial charge on any atom is -0.461 e. The topological polar surface area (TPSA) is 93.1 Å². The number of carbonyl (C=O) groups is 2. The molecule has 0 aromatic carbocycles. The Morgan fingerprint density at radius 3 is 2.56 bits per heavy atom. The van der Waals surface area contributed by atoms with E-state index in [2.05, 4.69) is 19.7 Å². The first-order valence-corrected chi connectivity index (χ1v) is 8.32. The van der Waals surface area contributed by atoms with Crippen LogP contribution in [0.25, 0.3) is 0 Å². The van der Waals surface area contributed by atoms with Gasteiger partial charge in [-0.05, 0) is 17.4 Å². The number of fused-ring (bicyclic) bond motifs is 1. The Labute approximate surface area is 147 Å². The van der Waals surface area contributed by atoms with Crippen molar-refractivity contribution in [1.29, 1.82) is 0 Å². The van der Waals surface area contributed by atoms with Crippen LogP contribution in [0.1, 0.15) is 20.3 Å². The third kappa shape index (κ3) is 3.28. The van der Waals surface area contributed by atoms with Crippen LogP contribution in [0.3, 0.4) is 0 Å². The lowest BCUT2D eigenvalue weighted by atomic mass is 9.58. The molecule has 0 aromatic heterocycles. The van der Waals surface area contributed by atoms with Gasteiger partial charge in [0.2, 0.25) is 0 Å². The minimum atomic E-state index is -0.691. The summed E-state index contributed by atoms with van der Waals surface area (Å²) >= 11 is 0. The molecule has 0 bridgehead atoms. The van der Waals surface area contributed by atoms with Gasteiger partial charge >= 0.3 is 11.9 Å². The normalized spacial score (nSPS) is 37.0. The Morgan fingerprint density at radius 2 is 2.04 bits per heavy atom. The van der Waals surface area contributed by atoms with E-state index in [-0.39, 0.29) is 30.0 Å². The van der Waals surface area contributed by atoms with Gasteiger partial charge in [-0.3, -0.25) is 4.79 Å². The number of aliphatic hydroxyl groups is 2. The van der Waals surface area contributed by atoms with Gasteiger partial charge in [-0.1, -0.05) is 33.1 Å². The number of rotatable bonds is 6. The van der Waals surface area contributed by atoms with Crippen molar-refractivity contribution in [3.8, 4) is 0 Å². The van der Waals surface area contributed by atoms with Crippen LogP contribution in [-0.2, 0) is 19.1 Å². The van der Waals surface area contributed by atoms with Crippen molar-refractivity contribution in [3.63, 3.8) is 0 Å². The molecule has 25 heavy (non-hydrogen) atoms. The average Bonchev–Trinajstić information content (AvgIpc) is 2.88. The maximum Gasteiger partial charge on any atom is 0.336 e. The lowest BCUT2D eigenvalue weighted by Crippen LogP contribution is -2.52. The van der Waals surface area contributed by atoms with E-state index in [1.807, 2.05) is 6.92 Å². The molecule has 138 valence electrons. The minimum absolute atomic E-state index is 0.0448. The number of allylic oxidation sites excluding steroid dienone is 1. The molecule has 0 aromatic rings. The fourth-order valence-electron chi connectivity index (χ4n) is 4.07. The largest absolute Gasteiger partial charge is 0.461 e. The van der Waals surface area contributed by atoms with Crippen LogP contribution >= 0.6 is 0 Å². The summed E-state index contributed by atoms with van der Waals surface area (Å²) in [4.78, 5) is 24.3. The molecule has 1 aliphatic heterocycles. The lowest BCUT2D eigenvalue weighted by molar-refractivity contribution is -0.160. The summed E-state index contributed by atoms with van der Waals surface area (Å²) in [6.45, 7) is 14.2. The van der Waals surface area contributed by atoms with Crippen molar-refractivity contribution in [3.05, 3.63) is 37.0 Å². The van der Waals surface area contributed by atoms with E-state index in [9.17, 15) is 14.7 Å². The van der Waals surface area contributed by atoms with Crippen LogP contribution in [0, 0.1) is 23.2 Å². The Hall–Kier alpha value is -1.92. The molecule has 6 nitrogen and oxygen atoms in total. The van der Waals surface area contributed by atoms with Crippen molar-refractivity contribution in [2.45, 2.75) is 32.5 Å². The molecule has 2 aliphatic rings. The van der Waals surface area contributed by atoms with E-state index in [4.69, 9.17) is 14.6 Å². The number of hydrogen-bond acceptors (Lipinski definition) is 6. The second-order valence-electron chi connectivity index (χ2n) is 7.18. The Bertz CT molecular complexity index is 609. The number of aliphatic hydroxyl groups excluding tert-OH is 2. The van der Waals surface area contributed by atoms with Gasteiger partial charge in [0.15, 0.2) is 0 Å². The molecule has 0 radical (unpaired) electrons. The van der Waals surface area contributed by atoms with E-state index in [0.717, 1.165) is 0 Å². The molecule has 1 saturated carbocycles. The quantitative estimate of drug-likeness (QED) is 0.427. The highest BCUT2D eigenvalue weighted by molar-refractivity contribution is 5.88. The first-order valence-electron chi connectivity index (χ1n) is 8.32. The highest BCUT2D eigenvalue weighted by Gasteiger charge is 2.59. The number of esters is 2. The second-order valence-corrected chi connectivity index (χ2v) is 7.18. The fraction of sp³-hybridized carbons (Fsp3) is 0.579. The van der Waals surface area contributed by atoms with Gasteiger partial charge in [-0.15, -0.1) is 6.58 Å². The van der Waals surface area contributed by atoms with Gasteiger partial charge in [-0.2, -0.15) is 0 Å². The molecule has 6 unspecified atom stereocenters. The van der Waals surface area contributed by atoms with Crippen molar-refractivity contribution in [2.24, 2.45) is 23.2 Å². The van der Waals surface area contributed by atoms with Crippen molar-refractivity contribution < 1.29 is 29.3 Å². The first kappa shape index (κ1) is 19.4. The predicted octanol–water partition coefficient (Wildman–Crippen LogP) is 1.39. The molecule has 6 atom stereocenters. The molecule has 0 amide bonds. The molecular formula is C19H26O6. The van der Waals surface area contributed by atoms with Crippen LogP contribution in [0.5, 0.6) is 0 Å². The molecule has 6 heteroatoms. The molecule has 1 aliphatic carbocycles. The van der Waals surface area contributed by atoms with Gasteiger partial charge in [0, 0.05) is 11.8 Å². The van der Waals surface area contributed by atoms with Crippen LogP contribution in [0.15, 0.2) is 37.0 Å².